The highest BCUT2D eigenvalue weighted by Gasteiger charge is 2.48. The highest BCUT2D eigenvalue weighted by Crippen LogP contribution is 2.54. The molecule has 2 aliphatic heterocycles. The van der Waals surface area contributed by atoms with E-state index in [2.05, 4.69) is 219 Å². The normalized spacial score (nSPS) is 16.5. The van der Waals surface area contributed by atoms with Crippen LogP contribution < -0.4 is 26.2 Å². The lowest BCUT2D eigenvalue weighted by Crippen LogP contribution is -2.62. The summed E-state index contributed by atoms with van der Waals surface area (Å²) in [6, 6.07) is 52.1. The van der Waals surface area contributed by atoms with Crippen LogP contribution in [-0.2, 0) is 28.1 Å². The van der Waals surface area contributed by atoms with Crippen molar-refractivity contribution in [1.82, 2.24) is 0 Å². The molecular weight excluding hydrogens is 759 g/mol. The van der Waals surface area contributed by atoms with Gasteiger partial charge in [-0.15, -0.1) is 0 Å². The molecule has 0 saturated carbocycles. The number of nitrogens with zero attached hydrogens (tertiary/aromatic N) is 2. The van der Waals surface area contributed by atoms with E-state index >= 15 is 0 Å². The second kappa shape index (κ2) is 13.6. The molecule has 2 heterocycles. The van der Waals surface area contributed by atoms with Crippen LogP contribution in [-0.4, -0.2) is 6.71 Å². The summed E-state index contributed by atoms with van der Waals surface area (Å²) in [5.74, 6) is 0. The molecule has 0 fully saturated rings. The average Bonchev–Trinajstić information content (AvgIpc) is 3.64. The van der Waals surface area contributed by atoms with E-state index in [1.165, 1.54) is 125 Å². The van der Waals surface area contributed by atoms with Crippen LogP contribution in [0.3, 0.4) is 0 Å². The summed E-state index contributed by atoms with van der Waals surface area (Å²) in [4.78, 5) is 5.38. The fourth-order valence-corrected chi connectivity index (χ4v) is 11.5. The number of hydrogen-bond acceptors (Lipinski definition) is 2. The van der Waals surface area contributed by atoms with E-state index < -0.39 is 0 Å². The van der Waals surface area contributed by atoms with Crippen LogP contribution in [0.1, 0.15) is 121 Å². The Hall–Kier alpha value is -5.80. The molecule has 0 bridgehead atoms. The van der Waals surface area contributed by atoms with E-state index in [4.69, 9.17) is 0 Å². The van der Waals surface area contributed by atoms with Gasteiger partial charge in [-0.05, 0) is 156 Å². The molecule has 63 heavy (non-hydrogen) atoms. The van der Waals surface area contributed by atoms with Crippen molar-refractivity contribution in [3.63, 3.8) is 0 Å². The van der Waals surface area contributed by atoms with E-state index in [1.807, 2.05) is 0 Å². The van der Waals surface area contributed by atoms with Gasteiger partial charge in [0.25, 0.3) is 6.71 Å². The zero-order valence-electron chi connectivity index (χ0n) is 39.3. The van der Waals surface area contributed by atoms with Crippen molar-refractivity contribution >= 4 is 57.2 Å². The Bertz CT molecular complexity index is 3030. The molecular formula is C60H61BN2. The molecule has 3 heteroatoms. The molecule has 4 aliphatic rings. The highest BCUT2D eigenvalue weighted by molar-refractivity contribution is 7.00. The molecule has 0 radical (unpaired) electrons. The Balaban J connectivity index is 1.30. The van der Waals surface area contributed by atoms with Crippen LogP contribution in [0.5, 0.6) is 0 Å². The lowest BCUT2D eigenvalue weighted by atomic mass is 9.33. The Morgan fingerprint density at radius 1 is 0.476 bits per heavy atom. The number of rotatable bonds is 3. The number of aryl methyl sites for hydroxylation is 1. The minimum Gasteiger partial charge on any atom is -0.311 e. The van der Waals surface area contributed by atoms with Crippen molar-refractivity contribution in [1.29, 1.82) is 0 Å². The summed E-state index contributed by atoms with van der Waals surface area (Å²) < 4.78 is 0. The lowest BCUT2D eigenvalue weighted by Gasteiger charge is -2.48. The molecule has 7 aromatic carbocycles. The summed E-state index contributed by atoms with van der Waals surface area (Å²) in [5, 5.41) is 0. The Morgan fingerprint density at radius 3 is 1.78 bits per heavy atom. The summed E-state index contributed by atoms with van der Waals surface area (Å²) in [6.45, 7) is 26.5. The minimum atomic E-state index is -0.111. The van der Waals surface area contributed by atoms with Crippen molar-refractivity contribution in [2.45, 2.75) is 117 Å². The standard InChI is InChI=1S/C60H61BN2/c1-37-24-25-39(38-18-13-12-14-19-38)31-50(37)63-52-36-46-45(59(8,9)28-29-60(46,10)11)35-48(52)61-47-27-26-42(57(2,3)4)32-51(47)62(53-33-43(58(5,6)7)34-54(63)56(53)61)49-23-17-21-41-30-40-20-15-16-22-44(40)55(41)49/h12-27,31-36H,28-30H2,1-11H3. The fourth-order valence-electron chi connectivity index (χ4n) is 11.5. The predicted molar refractivity (Wildman–Crippen MR) is 272 cm³/mol. The maximum absolute atomic E-state index is 2.69. The van der Waals surface area contributed by atoms with Crippen LogP contribution in [0.15, 0.2) is 133 Å². The third kappa shape index (κ3) is 6.12. The molecule has 0 spiro atoms. The molecule has 0 atom stereocenters. The van der Waals surface area contributed by atoms with Crippen molar-refractivity contribution < 1.29 is 0 Å². The van der Waals surface area contributed by atoms with Gasteiger partial charge in [-0.2, -0.15) is 0 Å². The summed E-state index contributed by atoms with van der Waals surface area (Å²) in [6.07, 6.45) is 3.31. The molecule has 11 rings (SSSR count). The third-order valence-corrected chi connectivity index (χ3v) is 15.4. The molecule has 0 amide bonds. The summed E-state index contributed by atoms with van der Waals surface area (Å²) in [5.41, 5.74) is 26.9. The van der Waals surface area contributed by atoms with Crippen LogP contribution >= 0.6 is 0 Å². The number of fused-ring (bicyclic) bond motifs is 8. The molecule has 314 valence electrons. The quantitative estimate of drug-likeness (QED) is 0.164. The maximum atomic E-state index is 2.69. The average molecular weight is 821 g/mol. The Labute approximate surface area is 377 Å². The molecule has 7 aromatic rings. The lowest BCUT2D eigenvalue weighted by molar-refractivity contribution is 0.332. The second-order valence-electron chi connectivity index (χ2n) is 22.5. The first-order valence-corrected chi connectivity index (χ1v) is 23.4. The van der Waals surface area contributed by atoms with Gasteiger partial charge in [0.1, 0.15) is 0 Å². The van der Waals surface area contributed by atoms with Gasteiger partial charge in [0.2, 0.25) is 0 Å². The number of hydrogen-bond donors (Lipinski definition) is 0. The van der Waals surface area contributed by atoms with Crippen molar-refractivity contribution in [3.8, 4) is 22.3 Å². The van der Waals surface area contributed by atoms with E-state index in [0.29, 0.717) is 0 Å². The van der Waals surface area contributed by atoms with Gasteiger partial charge < -0.3 is 9.80 Å². The van der Waals surface area contributed by atoms with Crippen molar-refractivity contribution in [2.24, 2.45) is 0 Å². The first-order valence-electron chi connectivity index (χ1n) is 23.4. The van der Waals surface area contributed by atoms with Crippen molar-refractivity contribution in [3.05, 3.63) is 172 Å². The van der Waals surface area contributed by atoms with E-state index in [0.717, 1.165) is 6.42 Å². The van der Waals surface area contributed by atoms with E-state index in [1.54, 1.807) is 0 Å². The molecule has 0 unspecified atom stereocenters. The fraction of sp³-hybridized carbons (Fsp3) is 0.300. The molecule has 0 aromatic heterocycles. The van der Waals surface area contributed by atoms with Gasteiger partial charge in [0.15, 0.2) is 0 Å². The molecule has 2 nitrogen and oxygen atoms in total. The van der Waals surface area contributed by atoms with Crippen LogP contribution in [0.25, 0.3) is 22.3 Å². The van der Waals surface area contributed by atoms with Gasteiger partial charge in [0.05, 0.1) is 5.69 Å². The summed E-state index contributed by atoms with van der Waals surface area (Å²) in [7, 11) is 0. The number of anilines is 6. The van der Waals surface area contributed by atoms with Gasteiger partial charge in [-0.3, -0.25) is 0 Å². The first-order chi connectivity index (χ1) is 29.9. The maximum Gasteiger partial charge on any atom is 0.252 e. The van der Waals surface area contributed by atoms with Gasteiger partial charge >= 0.3 is 0 Å². The smallest absolute Gasteiger partial charge is 0.252 e. The monoisotopic (exact) mass is 820 g/mol. The SMILES string of the molecule is Cc1ccc(-c2ccccc2)cc1N1c2cc3c(cc2B2c4ccc(C(C)(C)C)cc4N(c4cccc5c4-c4ccccc4C5)c4cc(C(C)(C)C)cc1c42)C(C)(C)CCC3(C)C. The highest BCUT2D eigenvalue weighted by atomic mass is 15.2. The van der Waals surface area contributed by atoms with Gasteiger partial charge in [-0.25, -0.2) is 0 Å². The molecule has 2 aliphatic carbocycles. The predicted octanol–water partition coefficient (Wildman–Crippen LogP) is 14.3. The Kier molecular flexibility index (Phi) is 8.64. The van der Waals surface area contributed by atoms with Gasteiger partial charge in [-0.1, -0.05) is 166 Å². The van der Waals surface area contributed by atoms with Crippen LogP contribution in [0, 0.1) is 6.92 Å². The first kappa shape index (κ1) is 40.0. The van der Waals surface area contributed by atoms with Crippen LogP contribution in [0.2, 0.25) is 0 Å². The van der Waals surface area contributed by atoms with Gasteiger partial charge in [0, 0.05) is 34.0 Å². The largest absolute Gasteiger partial charge is 0.311 e. The van der Waals surface area contributed by atoms with Crippen molar-refractivity contribution in [2.75, 3.05) is 9.80 Å². The molecule has 0 saturated heterocycles. The second-order valence-corrected chi connectivity index (χ2v) is 22.5. The minimum absolute atomic E-state index is 0.0259. The summed E-state index contributed by atoms with van der Waals surface area (Å²) >= 11 is 0. The van der Waals surface area contributed by atoms with E-state index in [9.17, 15) is 0 Å². The molecule has 0 N–H and O–H groups in total. The Morgan fingerprint density at radius 2 is 1.08 bits per heavy atom. The third-order valence-electron chi connectivity index (χ3n) is 15.4. The van der Waals surface area contributed by atoms with Crippen LogP contribution in [0.4, 0.5) is 34.1 Å². The van der Waals surface area contributed by atoms with E-state index in [-0.39, 0.29) is 28.4 Å². The topological polar surface area (TPSA) is 6.48 Å². The number of benzene rings is 7. The zero-order chi connectivity index (χ0) is 44.0. The zero-order valence-corrected chi connectivity index (χ0v) is 39.3.